The van der Waals surface area contributed by atoms with Crippen molar-refractivity contribution in [2.45, 2.75) is 6.42 Å². The molecule has 17 heavy (non-hydrogen) atoms. The molecule has 0 saturated carbocycles. The lowest BCUT2D eigenvalue weighted by Gasteiger charge is -2.26. The average Bonchev–Trinajstić information content (AvgIpc) is 2.36. The molecule has 0 bridgehead atoms. The average molecular weight is 301 g/mol. The third-order valence-corrected chi connectivity index (χ3v) is 3.10. The number of hydrogen-bond acceptors (Lipinski definition) is 4. The maximum Gasteiger partial charge on any atom is 0.138 e. The Balaban J connectivity index is 1.62. The largest absolute Gasteiger partial charge is 0.492 e. The summed E-state index contributed by atoms with van der Waals surface area (Å²) in [4.78, 5) is 6.46. The smallest absolute Gasteiger partial charge is 0.138 e. The molecular weight excluding hydrogens is 284 g/mol. The van der Waals surface area contributed by atoms with Crippen LogP contribution in [0.3, 0.4) is 0 Å². The molecule has 1 aliphatic heterocycles. The van der Waals surface area contributed by atoms with Crippen LogP contribution in [0.2, 0.25) is 0 Å². The molecule has 2 rings (SSSR count). The maximum absolute atomic E-state index is 5.63. The highest BCUT2D eigenvalue weighted by Gasteiger charge is 2.09. The first kappa shape index (κ1) is 12.8. The SMILES string of the molecule is Brc1cncc(OCCCN2CCOCC2)c1. The fourth-order valence-electron chi connectivity index (χ4n) is 1.77. The molecule has 0 N–H and O–H groups in total. The van der Waals surface area contributed by atoms with Crippen molar-refractivity contribution in [2.24, 2.45) is 0 Å². The van der Waals surface area contributed by atoms with E-state index in [1.807, 2.05) is 6.07 Å². The summed E-state index contributed by atoms with van der Waals surface area (Å²) in [5.41, 5.74) is 0. The Hall–Kier alpha value is -0.650. The summed E-state index contributed by atoms with van der Waals surface area (Å²) in [7, 11) is 0. The van der Waals surface area contributed by atoms with E-state index < -0.39 is 0 Å². The van der Waals surface area contributed by atoms with E-state index in [9.17, 15) is 0 Å². The zero-order valence-corrected chi connectivity index (χ0v) is 11.4. The molecule has 1 aromatic heterocycles. The number of halogens is 1. The predicted molar refractivity (Wildman–Crippen MR) is 69.3 cm³/mol. The topological polar surface area (TPSA) is 34.6 Å². The molecule has 4 nitrogen and oxygen atoms in total. The Bertz CT molecular complexity index is 343. The standard InChI is InChI=1S/C12H17BrN2O2/c13-11-8-12(10-14-9-11)17-5-1-2-15-3-6-16-7-4-15/h8-10H,1-7H2. The van der Waals surface area contributed by atoms with Crippen LogP contribution in [0.4, 0.5) is 0 Å². The summed E-state index contributed by atoms with van der Waals surface area (Å²) in [5, 5.41) is 0. The van der Waals surface area contributed by atoms with Crippen molar-refractivity contribution in [3.05, 3.63) is 22.9 Å². The monoisotopic (exact) mass is 300 g/mol. The number of hydrogen-bond donors (Lipinski definition) is 0. The zero-order valence-electron chi connectivity index (χ0n) is 9.77. The quantitative estimate of drug-likeness (QED) is 0.779. The molecule has 1 saturated heterocycles. The van der Waals surface area contributed by atoms with E-state index in [-0.39, 0.29) is 0 Å². The van der Waals surface area contributed by atoms with E-state index in [0.717, 1.165) is 56.1 Å². The molecule has 2 heterocycles. The van der Waals surface area contributed by atoms with Gasteiger partial charge in [0.25, 0.3) is 0 Å². The van der Waals surface area contributed by atoms with Crippen LogP contribution in [0.15, 0.2) is 22.9 Å². The molecular formula is C12H17BrN2O2. The van der Waals surface area contributed by atoms with Crippen molar-refractivity contribution >= 4 is 15.9 Å². The Morgan fingerprint density at radius 3 is 2.94 bits per heavy atom. The van der Waals surface area contributed by atoms with Gasteiger partial charge in [0.1, 0.15) is 5.75 Å². The van der Waals surface area contributed by atoms with Gasteiger partial charge in [-0.05, 0) is 28.4 Å². The van der Waals surface area contributed by atoms with Gasteiger partial charge in [-0.2, -0.15) is 0 Å². The first-order valence-corrected chi connectivity index (χ1v) is 6.67. The van der Waals surface area contributed by atoms with Gasteiger partial charge in [-0.1, -0.05) is 0 Å². The third kappa shape index (κ3) is 4.61. The summed E-state index contributed by atoms with van der Waals surface area (Å²) >= 11 is 3.37. The van der Waals surface area contributed by atoms with E-state index in [0.29, 0.717) is 0 Å². The van der Waals surface area contributed by atoms with Crippen LogP contribution in [0.1, 0.15) is 6.42 Å². The fourth-order valence-corrected chi connectivity index (χ4v) is 2.12. The number of ether oxygens (including phenoxy) is 2. The molecule has 0 aliphatic carbocycles. The highest BCUT2D eigenvalue weighted by Crippen LogP contribution is 2.15. The lowest BCUT2D eigenvalue weighted by Crippen LogP contribution is -2.37. The van der Waals surface area contributed by atoms with E-state index in [4.69, 9.17) is 9.47 Å². The minimum absolute atomic E-state index is 0.732. The molecule has 1 aromatic rings. The Morgan fingerprint density at radius 2 is 2.18 bits per heavy atom. The first-order valence-electron chi connectivity index (χ1n) is 5.88. The number of nitrogens with zero attached hydrogens (tertiary/aromatic N) is 2. The predicted octanol–water partition coefficient (Wildman–Crippen LogP) is 1.95. The highest BCUT2D eigenvalue weighted by atomic mass is 79.9. The summed E-state index contributed by atoms with van der Waals surface area (Å²) in [5.74, 6) is 0.821. The second kappa shape index (κ2) is 6.93. The van der Waals surface area contributed by atoms with Crippen LogP contribution in [-0.4, -0.2) is 49.3 Å². The van der Waals surface area contributed by atoms with Crippen LogP contribution in [0.5, 0.6) is 5.75 Å². The van der Waals surface area contributed by atoms with Crippen molar-refractivity contribution in [2.75, 3.05) is 39.5 Å². The molecule has 0 spiro atoms. The third-order valence-electron chi connectivity index (χ3n) is 2.67. The molecule has 0 radical (unpaired) electrons. The Labute approximate surface area is 110 Å². The molecule has 0 unspecified atom stereocenters. The van der Waals surface area contributed by atoms with Crippen LogP contribution >= 0.6 is 15.9 Å². The first-order chi connectivity index (χ1) is 8.34. The highest BCUT2D eigenvalue weighted by molar-refractivity contribution is 9.10. The molecule has 0 amide bonds. The molecule has 1 fully saturated rings. The van der Waals surface area contributed by atoms with Crippen LogP contribution in [0.25, 0.3) is 0 Å². The van der Waals surface area contributed by atoms with Crippen molar-refractivity contribution in [3.8, 4) is 5.75 Å². The molecule has 0 atom stereocenters. The van der Waals surface area contributed by atoms with Crippen LogP contribution in [0, 0.1) is 0 Å². The fraction of sp³-hybridized carbons (Fsp3) is 0.583. The van der Waals surface area contributed by atoms with Gasteiger partial charge in [0.2, 0.25) is 0 Å². The minimum atomic E-state index is 0.732. The molecule has 94 valence electrons. The van der Waals surface area contributed by atoms with Gasteiger partial charge in [-0.15, -0.1) is 0 Å². The Morgan fingerprint density at radius 1 is 1.35 bits per heavy atom. The van der Waals surface area contributed by atoms with E-state index >= 15 is 0 Å². The van der Waals surface area contributed by atoms with Gasteiger partial charge in [0, 0.05) is 30.3 Å². The lowest BCUT2D eigenvalue weighted by molar-refractivity contribution is 0.0358. The summed E-state index contributed by atoms with van der Waals surface area (Å²) < 4.78 is 11.9. The summed E-state index contributed by atoms with van der Waals surface area (Å²) in [6, 6.07) is 1.93. The van der Waals surface area contributed by atoms with Crippen molar-refractivity contribution in [1.82, 2.24) is 9.88 Å². The van der Waals surface area contributed by atoms with Gasteiger partial charge in [0.15, 0.2) is 0 Å². The van der Waals surface area contributed by atoms with Crippen molar-refractivity contribution < 1.29 is 9.47 Å². The van der Waals surface area contributed by atoms with Gasteiger partial charge in [-0.25, -0.2) is 0 Å². The van der Waals surface area contributed by atoms with Gasteiger partial charge < -0.3 is 9.47 Å². The number of rotatable bonds is 5. The normalized spacial score (nSPS) is 17.0. The van der Waals surface area contributed by atoms with Gasteiger partial charge in [0.05, 0.1) is 26.0 Å². The molecule has 0 aromatic carbocycles. The van der Waals surface area contributed by atoms with E-state index in [2.05, 4.69) is 25.8 Å². The van der Waals surface area contributed by atoms with Crippen LogP contribution in [-0.2, 0) is 4.74 Å². The van der Waals surface area contributed by atoms with E-state index in [1.165, 1.54) is 0 Å². The zero-order chi connectivity index (χ0) is 11.9. The number of aromatic nitrogens is 1. The molecule has 1 aliphatic rings. The van der Waals surface area contributed by atoms with Gasteiger partial charge >= 0.3 is 0 Å². The number of morpholine rings is 1. The van der Waals surface area contributed by atoms with E-state index in [1.54, 1.807) is 12.4 Å². The van der Waals surface area contributed by atoms with Gasteiger partial charge in [-0.3, -0.25) is 9.88 Å². The molecule has 5 heteroatoms. The number of pyridine rings is 1. The minimum Gasteiger partial charge on any atom is -0.492 e. The van der Waals surface area contributed by atoms with Crippen molar-refractivity contribution in [3.63, 3.8) is 0 Å². The lowest BCUT2D eigenvalue weighted by atomic mass is 10.3. The second-order valence-corrected chi connectivity index (χ2v) is 4.91. The summed E-state index contributed by atoms with van der Waals surface area (Å²) in [6.45, 7) is 5.60. The van der Waals surface area contributed by atoms with Crippen LogP contribution < -0.4 is 4.74 Å². The second-order valence-electron chi connectivity index (χ2n) is 3.99. The Kier molecular flexibility index (Phi) is 5.22. The maximum atomic E-state index is 5.63. The van der Waals surface area contributed by atoms with Crippen molar-refractivity contribution in [1.29, 1.82) is 0 Å². The summed E-state index contributed by atoms with van der Waals surface area (Å²) in [6.07, 6.45) is 4.52.